The number of hydrogen-bond acceptors (Lipinski definition) is 2. The van der Waals surface area contributed by atoms with Gasteiger partial charge in [0.05, 0.1) is 0 Å². The zero-order valence-corrected chi connectivity index (χ0v) is 9.20. The van der Waals surface area contributed by atoms with Crippen LogP contribution >= 0.6 is 0 Å². The average molecular weight is 203 g/mol. The number of aromatic nitrogens is 1. The summed E-state index contributed by atoms with van der Waals surface area (Å²) in [4.78, 5) is 0. The normalized spacial score (nSPS) is 12.2. The number of benzene rings is 1. The van der Waals surface area contributed by atoms with Crippen molar-refractivity contribution in [2.75, 3.05) is 5.73 Å². The maximum Gasteiger partial charge on any atom is 0.0482 e. The van der Waals surface area contributed by atoms with Crippen LogP contribution in [0.2, 0.25) is 0 Å². The fourth-order valence-electron chi connectivity index (χ4n) is 1.80. The Bertz CT molecular complexity index is 477. The minimum absolute atomic E-state index is 0.201. The van der Waals surface area contributed by atoms with Gasteiger partial charge in [-0.05, 0) is 38.1 Å². The van der Waals surface area contributed by atoms with E-state index in [2.05, 4.69) is 16.8 Å². The Morgan fingerprint density at radius 1 is 1.27 bits per heavy atom. The first-order chi connectivity index (χ1) is 6.96. The minimum Gasteiger partial charge on any atom is -0.399 e. The van der Waals surface area contributed by atoms with Gasteiger partial charge in [-0.25, -0.2) is 0 Å². The molecule has 0 spiro atoms. The molecule has 1 heterocycles. The van der Waals surface area contributed by atoms with Crippen LogP contribution in [0.5, 0.6) is 0 Å². The van der Waals surface area contributed by atoms with Gasteiger partial charge in [0.15, 0.2) is 0 Å². The Hall–Kier alpha value is -1.48. The molecule has 4 N–H and O–H groups in total. The largest absolute Gasteiger partial charge is 0.399 e. The van der Waals surface area contributed by atoms with Gasteiger partial charge in [-0.3, -0.25) is 0 Å². The van der Waals surface area contributed by atoms with Crippen molar-refractivity contribution in [3.63, 3.8) is 0 Å². The minimum atomic E-state index is -0.201. The molecule has 15 heavy (non-hydrogen) atoms. The van der Waals surface area contributed by atoms with Crippen LogP contribution in [0.4, 0.5) is 5.69 Å². The van der Waals surface area contributed by atoms with Crippen LogP contribution in [-0.2, 0) is 6.54 Å². The lowest BCUT2D eigenvalue weighted by Crippen LogP contribution is -2.36. The number of nitrogen functional groups attached to an aromatic ring is 1. The van der Waals surface area contributed by atoms with Crippen LogP contribution in [0.25, 0.3) is 10.9 Å². The van der Waals surface area contributed by atoms with Crippen LogP contribution in [0, 0.1) is 0 Å². The fraction of sp³-hybridized carbons (Fsp3) is 0.333. The number of nitrogens with two attached hydrogens (primary N) is 2. The maximum absolute atomic E-state index is 6.00. The van der Waals surface area contributed by atoms with E-state index in [-0.39, 0.29) is 5.54 Å². The van der Waals surface area contributed by atoms with Gasteiger partial charge in [-0.2, -0.15) is 0 Å². The van der Waals surface area contributed by atoms with Crippen LogP contribution in [0.1, 0.15) is 13.8 Å². The molecule has 0 unspecified atom stereocenters. The first kappa shape index (κ1) is 10.1. The fourth-order valence-corrected chi connectivity index (χ4v) is 1.80. The molecule has 2 rings (SSSR count). The molecule has 0 aliphatic rings. The Morgan fingerprint density at radius 3 is 2.67 bits per heavy atom. The second-order valence-electron chi connectivity index (χ2n) is 4.75. The van der Waals surface area contributed by atoms with Crippen LogP contribution in [0.3, 0.4) is 0 Å². The molecule has 0 aliphatic carbocycles. The van der Waals surface area contributed by atoms with Gasteiger partial charge >= 0.3 is 0 Å². The SMILES string of the molecule is CC(C)(N)Cn1ccc2cc(N)ccc21. The van der Waals surface area contributed by atoms with Gasteiger partial charge in [0.2, 0.25) is 0 Å². The molecule has 0 aliphatic heterocycles. The Morgan fingerprint density at radius 2 is 2.00 bits per heavy atom. The van der Waals surface area contributed by atoms with Crippen molar-refractivity contribution >= 4 is 16.6 Å². The molecule has 80 valence electrons. The lowest BCUT2D eigenvalue weighted by atomic mass is 10.1. The topological polar surface area (TPSA) is 57.0 Å². The summed E-state index contributed by atoms with van der Waals surface area (Å²) in [7, 11) is 0. The van der Waals surface area contributed by atoms with Gasteiger partial charge < -0.3 is 16.0 Å². The summed E-state index contributed by atoms with van der Waals surface area (Å²) in [6.07, 6.45) is 2.05. The first-order valence-electron chi connectivity index (χ1n) is 5.09. The van der Waals surface area contributed by atoms with Crippen molar-refractivity contribution in [2.45, 2.75) is 25.9 Å². The average Bonchev–Trinajstić information content (AvgIpc) is 2.45. The lowest BCUT2D eigenvalue weighted by Gasteiger charge is -2.20. The molecule has 0 saturated heterocycles. The smallest absolute Gasteiger partial charge is 0.0482 e. The number of anilines is 1. The van der Waals surface area contributed by atoms with Crippen molar-refractivity contribution in [1.82, 2.24) is 4.57 Å². The van der Waals surface area contributed by atoms with Gasteiger partial charge in [0.1, 0.15) is 0 Å². The molecule has 0 radical (unpaired) electrons. The zero-order valence-electron chi connectivity index (χ0n) is 9.20. The van der Waals surface area contributed by atoms with Crippen LogP contribution in [-0.4, -0.2) is 10.1 Å². The monoisotopic (exact) mass is 203 g/mol. The van der Waals surface area contributed by atoms with Gasteiger partial charge in [0.25, 0.3) is 0 Å². The van der Waals surface area contributed by atoms with Gasteiger partial charge in [0, 0.05) is 34.9 Å². The van der Waals surface area contributed by atoms with Crippen LogP contribution in [0.15, 0.2) is 30.5 Å². The highest BCUT2D eigenvalue weighted by Gasteiger charge is 2.12. The summed E-state index contributed by atoms with van der Waals surface area (Å²) >= 11 is 0. The Balaban J connectivity index is 2.45. The van der Waals surface area contributed by atoms with E-state index in [9.17, 15) is 0 Å². The van der Waals surface area contributed by atoms with Crippen molar-refractivity contribution in [3.05, 3.63) is 30.5 Å². The summed E-state index contributed by atoms with van der Waals surface area (Å²) in [5.74, 6) is 0. The molecule has 0 bridgehead atoms. The third-order valence-corrected chi connectivity index (χ3v) is 2.37. The van der Waals surface area contributed by atoms with E-state index in [1.54, 1.807) is 0 Å². The van der Waals surface area contributed by atoms with Crippen molar-refractivity contribution in [2.24, 2.45) is 5.73 Å². The molecule has 1 aromatic carbocycles. The third-order valence-electron chi connectivity index (χ3n) is 2.37. The number of fused-ring (bicyclic) bond motifs is 1. The van der Waals surface area contributed by atoms with E-state index in [0.717, 1.165) is 12.2 Å². The predicted octanol–water partition coefficient (Wildman–Crippen LogP) is 1.96. The summed E-state index contributed by atoms with van der Waals surface area (Å²) in [5, 5.41) is 1.17. The molecule has 2 aromatic rings. The predicted molar refractivity (Wildman–Crippen MR) is 64.6 cm³/mol. The molecule has 0 atom stereocenters. The quantitative estimate of drug-likeness (QED) is 0.733. The zero-order chi connectivity index (χ0) is 11.1. The maximum atomic E-state index is 6.00. The van der Waals surface area contributed by atoms with E-state index < -0.39 is 0 Å². The Kier molecular flexibility index (Phi) is 2.20. The van der Waals surface area contributed by atoms with E-state index >= 15 is 0 Å². The van der Waals surface area contributed by atoms with E-state index in [1.807, 2.05) is 32.0 Å². The molecule has 3 nitrogen and oxygen atoms in total. The molecule has 0 amide bonds. The van der Waals surface area contributed by atoms with Crippen molar-refractivity contribution in [3.8, 4) is 0 Å². The number of hydrogen-bond donors (Lipinski definition) is 2. The number of nitrogens with zero attached hydrogens (tertiary/aromatic N) is 1. The van der Waals surface area contributed by atoms with Crippen molar-refractivity contribution in [1.29, 1.82) is 0 Å². The summed E-state index contributed by atoms with van der Waals surface area (Å²) in [6, 6.07) is 8.01. The Labute approximate surface area is 89.7 Å². The summed E-state index contributed by atoms with van der Waals surface area (Å²) in [5.41, 5.74) is 13.5. The second-order valence-corrected chi connectivity index (χ2v) is 4.75. The molecule has 1 aromatic heterocycles. The second kappa shape index (κ2) is 3.28. The summed E-state index contributed by atoms with van der Waals surface area (Å²) < 4.78 is 2.16. The highest BCUT2D eigenvalue weighted by molar-refractivity contribution is 5.83. The van der Waals surface area contributed by atoms with Crippen LogP contribution < -0.4 is 11.5 Å². The van der Waals surface area contributed by atoms with Gasteiger partial charge in [-0.1, -0.05) is 0 Å². The standard InChI is InChI=1S/C12H17N3/c1-12(2,14)8-15-6-5-9-7-10(13)3-4-11(9)15/h3-7H,8,13-14H2,1-2H3. The summed E-state index contributed by atoms with van der Waals surface area (Å²) in [6.45, 7) is 4.85. The lowest BCUT2D eigenvalue weighted by molar-refractivity contribution is 0.441. The molecular formula is C12H17N3. The van der Waals surface area contributed by atoms with Crippen molar-refractivity contribution < 1.29 is 0 Å². The van der Waals surface area contributed by atoms with E-state index in [1.165, 1.54) is 10.9 Å². The third kappa shape index (κ3) is 2.13. The highest BCUT2D eigenvalue weighted by Crippen LogP contribution is 2.20. The van der Waals surface area contributed by atoms with E-state index in [4.69, 9.17) is 11.5 Å². The first-order valence-corrected chi connectivity index (χ1v) is 5.09. The molecule has 3 heteroatoms. The molecule has 0 saturated carbocycles. The van der Waals surface area contributed by atoms with Gasteiger partial charge in [-0.15, -0.1) is 0 Å². The molecular weight excluding hydrogens is 186 g/mol. The van der Waals surface area contributed by atoms with E-state index in [0.29, 0.717) is 0 Å². The molecule has 0 fully saturated rings. The number of rotatable bonds is 2. The highest BCUT2D eigenvalue weighted by atomic mass is 15.0.